The molecule has 1 aromatic rings. The van der Waals surface area contributed by atoms with E-state index in [9.17, 15) is 34.4 Å². The van der Waals surface area contributed by atoms with Crippen LogP contribution in [0.15, 0.2) is 28.0 Å². The van der Waals surface area contributed by atoms with Gasteiger partial charge in [0, 0.05) is 6.26 Å². The van der Waals surface area contributed by atoms with Crippen molar-refractivity contribution in [1.29, 1.82) is 0 Å². The van der Waals surface area contributed by atoms with E-state index in [1.807, 2.05) is 0 Å². The molecule has 1 N–H and O–H groups in total. The second-order valence-corrected chi connectivity index (χ2v) is 7.48. The second-order valence-electron chi connectivity index (χ2n) is 3.86. The third-order valence-electron chi connectivity index (χ3n) is 2.02. The lowest BCUT2D eigenvalue weighted by Gasteiger charge is -2.10. The molecular weight excluding hydrogens is 342 g/mol. The summed E-state index contributed by atoms with van der Waals surface area (Å²) in [6, 6.07) is 1.86. The Morgan fingerprint density at radius 2 is 1.76 bits per heavy atom. The molecule has 0 aromatic heterocycles. The molecule has 0 radical (unpaired) electrons. The van der Waals surface area contributed by atoms with Crippen LogP contribution in [-0.4, -0.2) is 35.9 Å². The van der Waals surface area contributed by atoms with E-state index in [1.54, 1.807) is 0 Å². The van der Waals surface area contributed by atoms with Crippen LogP contribution in [-0.2, 0) is 24.7 Å². The molecule has 0 aliphatic rings. The summed E-state index contributed by atoms with van der Waals surface area (Å²) in [6.45, 7) is -1.93. The van der Waals surface area contributed by atoms with Gasteiger partial charge in [-0.2, -0.15) is 13.2 Å². The van der Waals surface area contributed by atoms with E-state index in [1.165, 1.54) is 0 Å². The molecule has 0 atom stereocenters. The molecule has 0 fully saturated rings. The molecular formula is C9H9F4NO5S2. The summed E-state index contributed by atoms with van der Waals surface area (Å²) in [5.74, 6) is -1.34. The summed E-state index contributed by atoms with van der Waals surface area (Å²) in [5, 5.41) is 0. The average Bonchev–Trinajstić information content (AvgIpc) is 2.25. The standard InChI is InChI=1S/C9H9F4NO5S2/c1-20(15,16)6-2-3-7(10)8(4-6)21(17,18)14-19-5-9(11,12)13/h2-4,14H,5H2,1H3. The third-order valence-corrected chi connectivity index (χ3v) is 4.36. The molecule has 0 unspecified atom stereocenters. The van der Waals surface area contributed by atoms with Crippen molar-refractivity contribution in [2.75, 3.05) is 12.9 Å². The molecule has 12 heteroatoms. The fourth-order valence-electron chi connectivity index (χ4n) is 1.15. The van der Waals surface area contributed by atoms with Crippen LogP contribution in [0.3, 0.4) is 0 Å². The van der Waals surface area contributed by atoms with Gasteiger partial charge in [-0.25, -0.2) is 21.2 Å². The Kier molecular flexibility index (Phi) is 4.98. The zero-order chi connectivity index (χ0) is 16.5. The fourth-order valence-corrected chi connectivity index (χ4v) is 2.79. The maximum Gasteiger partial charge on any atom is 0.413 e. The molecule has 0 aliphatic heterocycles. The normalized spacial score (nSPS) is 13.4. The summed E-state index contributed by atoms with van der Waals surface area (Å²) in [7, 11) is -8.63. The van der Waals surface area contributed by atoms with Crippen molar-refractivity contribution < 1.29 is 39.2 Å². The highest BCUT2D eigenvalue weighted by Gasteiger charge is 2.30. The summed E-state index contributed by atoms with van der Waals surface area (Å²) in [5.41, 5.74) is 0. The van der Waals surface area contributed by atoms with Crippen LogP contribution < -0.4 is 4.89 Å². The largest absolute Gasteiger partial charge is 0.413 e. The van der Waals surface area contributed by atoms with Crippen LogP contribution in [0.2, 0.25) is 0 Å². The van der Waals surface area contributed by atoms with Gasteiger partial charge in [-0.3, -0.25) is 4.84 Å². The molecule has 0 bridgehead atoms. The Labute approximate surface area is 117 Å². The van der Waals surface area contributed by atoms with Crippen LogP contribution in [0.4, 0.5) is 17.6 Å². The first kappa shape index (κ1) is 17.8. The maximum atomic E-state index is 13.4. The lowest BCUT2D eigenvalue weighted by molar-refractivity contribution is -0.181. The number of benzene rings is 1. The topological polar surface area (TPSA) is 89.5 Å². The van der Waals surface area contributed by atoms with E-state index < -0.39 is 48.3 Å². The Bertz CT molecular complexity index is 727. The number of halogens is 4. The minimum absolute atomic E-state index is 0.476. The summed E-state index contributed by atoms with van der Waals surface area (Å²) in [4.78, 5) is 3.13. The molecule has 120 valence electrons. The van der Waals surface area contributed by atoms with Gasteiger partial charge in [0.25, 0.3) is 10.0 Å². The SMILES string of the molecule is CS(=O)(=O)c1ccc(F)c(S(=O)(=O)NOCC(F)(F)F)c1. The Balaban J connectivity index is 3.08. The first-order valence-corrected chi connectivity index (χ1v) is 8.40. The van der Waals surface area contributed by atoms with Crippen molar-refractivity contribution in [2.24, 2.45) is 0 Å². The number of sulfone groups is 1. The lowest BCUT2D eigenvalue weighted by Crippen LogP contribution is -2.30. The first-order chi connectivity index (χ1) is 9.33. The summed E-state index contributed by atoms with van der Waals surface area (Å²) < 4.78 is 94.5. The Morgan fingerprint density at radius 3 is 2.24 bits per heavy atom. The van der Waals surface area contributed by atoms with Crippen molar-refractivity contribution in [3.8, 4) is 0 Å². The maximum absolute atomic E-state index is 13.4. The van der Waals surface area contributed by atoms with E-state index in [0.29, 0.717) is 12.1 Å². The zero-order valence-electron chi connectivity index (χ0n) is 10.3. The number of hydrogen-bond acceptors (Lipinski definition) is 5. The van der Waals surface area contributed by atoms with Gasteiger partial charge in [0.2, 0.25) is 0 Å². The van der Waals surface area contributed by atoms with E-state index in [4.69, 9.17) is 0 Å². The molecule has 6 nitrogen and oxygen atoms in total. The van der Waals surface area contributed by atoms with Gasteiger partial charge in [-0.1, -0.05) is 4.89 Å². The average molecular weight is 351 g/mol. The van der Waals surface area contributed by atoms with E-state index in [0.717, 1.165) is 17.2 Å². The number of hydrogen-bond donors (Lipinski definition) is 1. The molecule has 0 spiro atoms. The quantitative estimate of drug-likeness (QED) is 0.486. The van der Waals surface area contributed by atoms with Gasteiger partial charge < -0.3 is 0 Å². The van der Waals surface area contributed by atoms with E-state index in [-0.39, 0.29) is 0 Å². The number of rotatable bonds is 5. The summed E-state index contributed by atoms with van der Waals surface area (Å²) >= 11 is 0. The van der Waals surface area contributed by atoms with Crippen LogP contribution in [0.1, 0.15) is 0 Å². The minimum atomic E-state index is -4.81. The van der Waals surface area contributed by atoms with Crippen molar-refractivity contribution in [3.05, 3.63) is 24.0 Å². The molecule has 0 heterocycles. The smallest absolute Gasteiger partial charge is 0.277 e. The monoisotopic (exact) mass is 351 g/mol. The highest BCUT2D eigenvalue weighted by molar-refractivity contribution is 7.91. The van der Waals surface area contributed by atoms with Crippen LogP contribution in [0.25, 0.3) is 0 Å². The van der Waals surface area contributed by atoms with Crippen molar-refractivity contribution >= 4 is 19.9 Å². The number of nitrogens with one attached hydrogen (secondary N) is 1. The van der Waals surface area contributed by atoms with Gasteiger partial charge in [-0.05, 0) is 18.2 Å². The van der Waals surface area contributed by atoms with Crippen LogP contribution in [0.5, 0.6) is 0 Å². The summed E-state index contributed by atoms with van der Waals surface area (Å²) in [6.07, 6.45) is -4.04. The van der Waals surface area contributed by atoms with Crippen molar-refractivity contribution in [1.82, 2.24) is 4.89 Å². The Hall–Kier alpha value is -1.24. The predicted octanol–water partition coefficient (Wildman–Crippen LogP) is 1.00. The molecule has 0 saturated carbocycles. The van der Waals surface area contributed by atoms with Crippen molar-refractivity contribution in [3.63, 3.8) is 0 Å². The van der Waals surface area contributed by atoms with Gasteiger partial charge in [-0.15, -0.1) is 0 Å². The van der Waals surface area contributed by atoms with E-state index >= 15 is 0 Å². The molecule has 21 heavy (non-hydrogen) atoms. The van der Waals surface area contributed by atoms with E-state index in [2.05, 4.69) is 4.84 Å². The third kappa shape index (κ3) is 5.22. The molecule has 0 amide bonds. The van der Waals surface area contributed by atoms with Gasteiger partial charge in [0.05, 0.1) is 4.90 Å². The first-order valence-electron chi connectivity index (χ1n) is 5.03. The van der Waals surface area contributed by atoms with Gasteiger partial charge in [0.1, 0.15) is 10.7 Å². The van der Waals surface area contributed by atoms with Gasteiger partial charge in [0.15, 0.2) is 16.4 Å². The second kappa shape index (κ2) is 5.87. The number of alkyl halides is 3. The molecule has 0 saturated heterocycles. The van der Waals surface area contributed by atoms with Crippen molar-refractivity contribution in [2.45, 2.75) is 16.0 Å². The fraction of sp³-hybridized carbons (Fsp3) is 0.333. The molecule has 1 aromatic carbocycles. The predicted molar refractivity (Wildman–Crippen MR) is 61.8 cm³/mol. The van der Waals surface area contributed by atoms with Gasteiger partial charge >= 0.3 is 6.18 Å². The zero-order valence-corrected chi connectivity index (χ0v) is 11.9. The Morgan fingerprint density at radius 1 is 1.19 bits per heavy atom. The lowest BCUT2D eigenvalue weighted by atomic mass is 10.3. The highest BCUT2D eigenvalue weighted by atomic mass is 32.2. The number of sulfonamides is 1. The van der Waals surface area contributed by atoms with Crippen LogP contribution in [0, 0.1) is 5.82 Å². The molecule has 1 rings (SSSR count). The highest BCUT2D eigenvalue weighted by Crippen LogP contribution is 2.20. The molecule has 0 aliphatic carbocycles. The van der Waals surface area contributed by atoms with Crippen LogP contribution >= 0.6 is 0 Å². The minimum Gasteiger partial charge on any atom is -0.277 e.